The van der Waals surface area contributed by atoms with Crippen LogP contribution in [0.5, 0.6) is 0 Å². The number of halogens is 1. The minimum Gasteiger partial charge on any atom is -0.339 e. The molecule has 0 bridgehead atoms. The molecule has 5 heteroatoms. The van der Waals surface area contributed by atoms with E-state index in [1.54, 1.807) is 24.5 Å². The molecule has 3 rings (SSSR count). The number of nitrogens with zero attached hydrogens (tertiary/aromatic N) is 3. The smallest absolute Gasteiger partial charge is 0.253 e. The van der Waals surface area contributed by atoms with Crippen molar-refractivity contribution in [1.29, 1.82) is 0 Å². The van der Waals surface area contributed by atoms with Crippen LogP contribution in [0, 0.1) is 0 Å². The fraction of sp³-hybridized carbons (Fsp3) is 0.357. The summed E-state index contributed by atoms with van der Waals surface area (Å²) in [6.07, 6.45) is 6.56. The number of carbonyl (C=O) groups excluding carboxylic acids is 1. The molecule has 2 aromatic rings. The number of rotatable bonds is 1. The monoisotopic (exact) mass is 275 g/mol. The quantitative estimate of drug-likeness (QED) is 0.804. The Hall–Kier alpha value is -1.68. The van der Waals surface area contributed by atoms with Crippen molar-refractivity contribution in [3.63, 3.8) is 0 Å². The predicted octanol–water partition coefficient (Wildman–Crippen LogP) is 2.91. The summed E-state index contributed by atoms with van der Waals surface area (Å²) in [4.78, 5) is 22.7. The average Bonchev–Trinajstić information content (AvgIpc) is 2.47. The number of hydrogen-bond donors (Lipinski definition) is 0. The molecule has 19 heavy (non-hydrogen) atoms. The molecule has 1 aromatic carbocycles. The number of fused-ring (bicyclic) bond motifs is 1. The maximum absolute atomic E-state index is 12.4. The molecule has 1 saturated heterocycles. The Morgan fingerprint density at radius 1 is 1.11 bits per heavy atom. The van der Waals surface area contributed by atoms with E-state index in [1.165, 1.54) is 6.42 Å². The van der Waals surface area contributed by atoms with E-state index in [4.69, 9.17) is 11.6 Å². The van der Waals surface area contributed by atoms with Crippen LogP contribution in [-0.4, -0.2) is 33.9 Å². The highest BCUT2D eigenvalue weighted by Gasteiger charge is 2.19. The summed E-state index contributed by atoms with van der Waals surface area (Å²) in [6, 6.07) is 3.46. The van der Waals surface area contributed by atoms with Crippen LogP contribution in [0.3, 0.4) is 0 Å². The Morgan fingerprint density at radius 2 is 1.84 bits per heavy atom. The Morgan fingerprint density at radius 3 is 2.63 bits per heavy atom. The van der Waals surface area contributed by atoms with E-state index in [0.717, 1.165) is 25.9 Å². The van der Waals surface area contributed by atoms with E-state index in [9.17, 15) is 4.79 Å². The highest BCUT2D eigenvalue weighted by Crippen LogP contribution is 2.23. The Balaban J connectivity index is 1.98. The van der Waals surface area contributed by atoms with Crippen LogP contribution < -0.4 is 0 Å². The lowest BCUT2D eigenvalue weighted by Crippen LogP contribution is -2.35. The van der Waals surface area contributed by atoms with Crippen molar-refractivity contribution in [2.75, 3.05) is 13.1 Å². The summed E-state index contributed by atoms with van der Waals surface area (Å²) in [7, 11) is 0. The van der Waals surface area contributed by atoms with Crippen molar-refractivity contribution < 1.29 is 4.79 Å². The molecule has 4 nitrogen and oxygen atoms in total. The number of aromatic nitrogens is 2. The van der Waals surface area contributed by atoms with Crippen molar-refractivity contribution in [1.82, 2.24) is 14.9 Å². The van der Waals surface area contributed by atoms with Gasteiger partial charge in [-0.1, -0.05) is 11.6 Å². The molecule has 0 atom stereocenters. The number of hydrogen-bond acceptors (Lipinski definition) is 3. The third kappa shape index (κ3) is 2.40. The Labute approximate surface area is 116 Å². The van der Waals surface area contributed by atoms with Crippen LogP contribution in [0.4, 0.5) is 0 Å². The van der Waals surface area contributed by atoms with Crippen molar-refractivity contribution >= 4 is 28.5 Å². The van der Waals surface area contributed by atoms with Gasteiger partial charge < -0.3 is 4.90 Å². The Kier molecular flexibility index (Phi) is 3.34. The highest BCUT2D eigenvalue weighted by atomic mass is 35.5. The average molecular weight is 276 g/mol. The fourth-order valence-electron chi connectivity index (χ4n) is 2.44. The molecule has 0 aliphatic carbocycles. The SMILES string of the molecule is O=C(c1cc(Cl)c2nccnc2c1)N1CCCCC1. The van der Waals surface area contributed by atoms with Gasteiger partial charge in [0, 0.05) is 31.0 Å². The molecule has 1 amide bonds. The molecule has 0 saturated carbocycles. The lowest BCUT2D eigenvalue weighted by atomic mass is 10.1. The summed E-state index contributed by atoms with van der Waals surface area (Å²) in [6.45, 7) is 1.66. The van der Waals surface area contributed by atoms with Gasteiger partial charge in [-0.25, -0.2) is 0 Å². The number of benzene rings is 1. The van der Waals surface area contributed by atoms with E-state index in [2.05, 4.69) is 9.97 Å². The molecule has 0 spiro atoms. The van der Waals surface area contributed by atoms with Gasteiger partial charge in [-0.15, -0.1) is 0 Å². The van der Waals surface area contributed by atoms with E-state index >= 15 is 0 Å². The van der Waals surface area contributed by atoms with Crippen LogP contribution in [-0.2, 0) is 0 Å². The van der Waals surface area contributed by atoms with Crippen molar-refractivity contribution in [2.45, 2.75) is 19.3 Å². The summed E-state index contributed by atoms with van der Waals surface area (Å²) in [5, 5.41) is 0.478. The molecular formula is C14H14ClN3O. The minimum atomic E-state index is 0.0363. The molecule has 1 fully saturated rings. The zero-order chi connectivity index (χ0) is 13.2. The fourth-order valence-corrected chi connectivity index (χ4v) is 2.70. The van der Waals surface area contributed by atoms with Gasteiger partial charge in [0.25, 0.3) is 5.91 Å². The standard InChI is InChI=1S/C14H14ClN3O/c15-11-8-10(9-12-13(11)17-5-4-16-12)14(19)18-6-2-1-3-7-18/h4-5,8-9H,1-3,6-7H2. The van der Waals surface area contributed by atoms with Gasteiger partial charge in [-0.3, -0.25) is 14.8 Å². The first-order valence-corrected chi connectivity index (χ1v) is 6.83. The number of amides is 1. The summed E-state index contributed by atoms with van der Waals surface area (Å²) in [5.41, 5.74) is 1.90. The van der Waals surface area contributed by atoms with Crippen LogP contribution >= 0.6 is 11.6 Å². The number of piperidine rings is 1. The molecule has 1 aliphatic rings. The third-order valence-electron chi connectivity index (χ3n) is 3.42. The van der Waals surface area contributed by atoms with Crippen molar-refractivity contribution in [3.05, 3.63) is 35.1 Å². The first-order chi connectivity index (χ1) is 9.25. The largest absolute Gasteiger partial charge is 0.339 e. The van der Waals surface area contributed by atoms with Gasteiger partial charge in [-0.05, 0) is 31.4 Å². The number of carbonyl (C=O) groups is 1. The van der Waals surface area contributed by atoms with Gasteiger partial charge in [0.2, 0.25) is 0 Å². The van der Waals surface area contributed by atoms with Gasteiger partial charge in [0.15, 0.2) is 0 Å². The predicted molar refractivity (Wildman–Crippen MR) is 74.3 cm³/mol. The zero-order valence-corrected chi connectivity index (χ0v) is 11.2. The Bertz CT molecular complexity index is 623. The van der Waals surface area contributed by atoms with Crippen LogP contribution in [0.2, 0.25) is 5.02 Å². The molecule has 0 N–H and O–H groups in total. The topological polar surface area (TPSA) is 46.1 Å². The molecule has 98 valence electrons. The summed E-state index contributed by atoms with van der Waals surface area (Å²) >= 11 is 6.17. The van der Waals surface area contributed by atoms with Crippen LogP contribution in [0.25, 0.3) is 11.0 Å². The molecular weight excluding hydrogens is 262 g/mol. The second-order valence-electron chi connectivity index (χ2n) is 4.74. The van der Waals surface area contributed by atoms with Crippen LogP contribution in [0.1, 0.15) is 29.6 Å². The first kappa shape index (κ1) is 12.4. The molecule has 0 unspecified atom stereocenters. The molecule has 1 aromatic heterocycles. The maximum atomic E-state index is 12.4. The van der Waals surface area contributed by atoms with E-state index in [0.29, 0.717) is 21.6 Å². The first-order valence-electron chi connectivity index (χ1n) is 6.45. The maximum Gasteiger partial charge on any atom is 0.253 e. The second kappa shape index (κ2) is 5.13. The highest BCUT2D eigenvalue weighted by molar-refractivity contribution is 6.35. The van der Waals surface area contributed by atoms with Crippen molar-refractivity contribution in [3.8, 4) is 0 Å². The normalized spacial score (nSPS) is 15.7. The summed E-state index contributed by atoms with van der Waals surface area (Å²) < 4.78 is 0. The minimum absolute atomic E-state index is 0.0363. The summed E-state index contributed by atoms with van der Waals surface area (Å²) in [5.74, 6) is 0.0363. The van der Waals surface area contributed by atoms with E-state index in [1.807, 2.05) is 4.90 Å². The third-order valence-corrected chi connectivity index (χ3v) is 3.71. The van der Waals surface area contributed by atoms with Gasteiger partial charge >= 0.3 is 0 Å². The molecule has 1 aliphatic heterocycles. The van der Waals surface area contributed by atoms with E-state index in [-0.39, 0.29) is 5.91 Å². The van der Waals surface area contributed by atoms with Gasteiger partial charge in [0.1, 0.15) is 5.52 Å². The van der Waals surface area contributed by atoms with Gasteiger partial charge in [0.05, 0.1) is 10.5 Å². The van der Waals surface area contributed by atoms with Gasteiger partial charge in [-0.2, -0.15) is 0 Å². The molecule has 0 radical (unpaired) electrons. The second-order valence-corrected chi connectivity index (χ2v) is 5.14. The molecule has 2 heterocycles. The van der Waals surface area contributed by atoms with E-state index < -0.39 is 0 Å². The lowest BCUT2D eigenvalue weighted by Gasteiger charge is -2.26. The number of likely N-dealkylation sites (tertiary alicyclic amines) is 1. The van der Waals surface area contributed by atoms with Crippen molar-refractivity contribution in [2.24, 2.45) is 0 Å². The van der Waals surface area contributed by atoms with Crippen LogP contribution in [0.15, 0.2) is 24.5 Å². The lowest BCUT2D eigenvalue weighted by molar-refractivity contribution is 0.0724. The zero-order valence-electron chi connectivity index (χ0n) is 10.5.